The van der Waals surface area contributed by atoms with Gasteiger partial charge in [0.05, 0.1) is 11.9 Å². The van der Waals surface area contributed by atoms with E-state index >= 15 is 0 Å². The summed E-state index contributed by atoms with van der Waals surface area (Å²) in [5, 5.41) is 11.6. The molecule has 23 heavy (non-hydrogen) atoms. The maximum Gasteiger partial charge on any atom is 0.243 e. The summed E-state index contributed by atoms with van der Waals surface area (Å²) < 4.78 is 5.27. The van der Waals surface area contributed by atoms with E-state index in [1.165, 1.54) is 0 Å². The van der Waals surface area contributed by atoms with E-state index in [1.54, 1.807) is 12.5 Å². The molecule has 1 N–H and O–H groups in total. The highest BCUT2D eigenvalue weighted by molar-refractivity contribution is 6.29. The van der Waals surface area contributed by atoms with Crippen molar-refractivity contribution in [2.75, 3.05) is 25.0 Å². The first-order valence-corrected chi connectivity index (χ1v) is 8.32. The molecule has 0 spiro atoms. The molecule has 2 aromatic heterocycles. The molecule has 0 radical (unpaired) electrons. The molecule has 8 heteroatoms. The number of aryl methyl sites for hydroxylation is 2. The van der Waals surface area contributed by atoms with Crippen molar-refractivity contribution >= 4 is 17.5 Å². The average molecular weight is 337 g/mol. The van der Waals surface area contributed by atoms with E-state index in [-0.39, 0.29) is 0 Å². The van der Waals surface area contributed by atoms with Gasteiger partial charge in [0.1, 0.15) is 6.26 Å². The Balaban J connectivity index is 1.46. The van der Waals surface area contributed by atoms with Gasteiger partial charge in [-0.05, 0) is 39.3 Å². The highest BCUT2D eigenvalue weighted by Gasteiger charge is 2.20. The lowest BCUT2D eigenvalue weighted by Crippen LogP contribution is -2.42. The Morgan fingerprint density at radius 3 is 3.13 bits per heavy atom. The van der Waals surface area contributed by atoms with Crippen LogP contribution in [0.5, 0.6) is 0 Å². The van der Waals surface area contributed by atoms with Gasteiger partial charge < -0.3 is 14.6 Å². The van der Waals surface area contributed by atoms with Crippen LogP contribution in [0, 0.1) is 6.92 Å². The summed E-state index contributed by atoms with van der Waals surface area (Å²) in [5.74, 6) is 1.37. The van der Waals surface area contributed by atoms with E-state index < -0.39 is 0 Å². The first-order chi connectivity index (χ1) is 11.2. The number of piperidine rings is 1. The number of anilines is 1. The van der Waals surface area contributed by atoms with Gasteiger partial charge in [-0.25, -0.2) is 9.97 Å². The SMILES string of the molecule is Cc1nc(N[C@@H]2CCCN(CCCc3ncco3)C2)nnc1Cl. The zero-order chi connectivity index (χ0) is 16.1. The topological polar surface area (TPSA) is 80.0 Å². The Kier molecular flexibility index (Phi) is 5.40. The predicted octanol–water partition coefficient (Wildman–Crippen LogP) is 2.33. The van der Waals surface area contributed by atoms with Crippen LogP contribution >= 0.6 is 11.6 Å². The van der Waals surface area contributed by atoms with Gasteiger partial charge in [-0.2, -0.15) is 0 Å². The van der Waals surface area contributed by atoms with Crippen LogP contribution in [0.15, 0.2) is 16.9 Å². The van der Waals surface area contributed by atoms with E-state index in [9.17, 15) is 0 Å². The van der Waals surface area contributed by atoms with Crippen molar-refractivity contribution in [3.05, 3.63) is 29.2 Å². The molecule has 0 aromatic carbocycles. The van der Waals surface area contributed by atoms with Gasteiger partial charge in [-0.3, -0.25) is 0 Å². The molecule has 3 heterocycles. The molecule has 0 unspecified atom stereocenters. The van der Waals surface area contributed by atoms with Gasteiger partial charge >= 0.3 is 0 Å². The number of halogens is 1. The second-order valence-electron chi connectivity index (χ2n) is 5.83. The van der Waals surface area contributed by atoms with Gasteiger partial charge in [-0.1, -0.05) is 11.6 Å². The van der Waals surface area contributed by atoms with Crippen LogP contribution < -0.4 is 5.32 Å². The lowest BCUT2D eigenvalue weighted by Gasteiger charge is -2.33. The fraction of sp³-hybridized carbons (Fsp3) is 0.600. The third kappa shape index (κ3) is 4.62. The molecule has 0 aliphatic carbocycles. The molecule has 0 amide bonds. The van der Waals surface area contributed by atoms with Gasteiger partial charge in [0.25, 0.3) is 0 Å². The highest BCUT2D eigenvalue weighted by atomic mass is 35.5. The molecule has 0 bridgehead atoms. The largest absolute Gasteiger partial charge is 0.449 e. The third-order valence-corrected chi connectivity index (χ3v) is 4.34. The summed E-state index contributed by atoms with van der Waals surface area (Å²) in [7, 11) is 0. The summed E-state index contributed by atoms with van der Waals surface area (Å²) in [6, 6.07) is 0.341. The monoisotopic (exact) mass is 336 g/mol. The van der Waals surface area contributed by atoms with Crippen molar-refractivity contribution in [3.63, 3.8) is 0 Å². The Morgan fingerprint density at radius 1 is 1.43 bits per heavy atom. The Labute approximate surface area is 140 Å². The van der Waals surface area contributed by atoms with E-state index in [4.69, 9.17) is 16.0 Å². The minimum atomic E-state index is 0.341. The maximum absolute atomic E-state index is 5.86. The normalized spacial score (nSPS) is 19.0. The number of hydrogen-bond donors (Lipinski definition) is 1. The quantitative estimate of drug-likeness (QED) is 0.867. The number of nitrogens with one attached hydrogen (secondary N) is 1. The molecule has 124 valence electrons. The number of likely N-dealkylation sites (tertiary alicyclic amines) is 1. The zero-order valence-electron chi connectivity index (χ0n) is 13.2. The first kappa shape index (κ1) is 16.1. The van der Waals surface area contributed by atoms with Crippen molar-refractivity contribution in [2.45, 2.75) is 38.6 Å². The average Bonchev–Trinajstić information content (AvgIpc) is 3.05. The number of hydrogen-bond acceptors (Lipinski definition) is 7. The fourth-order valence-electron chi connectivity index (χ4n) is 2.84. The molecule has 1 fully saturated rings. The zero-order valence-corrected chi connectivity index (χ0v) is 14.0. The minimum Gasteiger partial charge on any atom is -0.449 e. The standard InChI is InChI=1S/C15H21ClN6O/c1-11-14(16)20-21-15(18-11)19-12-4-2-7-22(10-12)8-3-5-13-17-6-9-23-13/h6,9,12H,2-5,7-8,10H2,1H3,(H,18,19,21)/t12-/m1/s1. The molecular formula is C15H21ClN6O. The van der Waals surface area contributed by atoms with Crippen molar-refractivity contribution in [3.8, 4) is 0 Å². The van der Waals surface area contributed by atoms with Gasteiger partial charge in [0.2, 0.25) is 5.95 Å². The second-order valence-corrected chi connectivity index (χ2v) is 6.18. The molecule has 3 rings (SSSR count). The van der Waals surface area contributed by atoms with Crippen LogP contribution in [-0.2, 0) is 6.42 Å². The van der Waals surface area contributed by atoms with Crippen molar-refractivity contribution in [2.24, 2.45) is 0 Å². The van der Waals surface area contributed by atoms with Crippen LogP contribution in [0.25, 0.3) is 0 Å². The summed E-state index contributed by atoms with van der Waals surface area (Å²) in [5.41, 5.74) is 0.697. The van der Waals surface area contributed by atoms with Crippen molar-refractivity contribution in [1.82, 2.24) is 25.1 Å². The third-order valence-electron chi connectivity index (χ3n) is 3.99. The van der Waals surface area contributed by atoms with Gasteiger partial charge in [0.15, 0.2) is 11.0 Å². The second kappa shape index (κ2) is 7.70. The molecule has 1 saturated heterocycles. The molecule has 1 aliphatic rings. The van der Waals surface area contributed by atoms with Crippen LogP contribution in [0.3, 0.4) is 0 Å². The van der Waals surface area contributed by atoms with E-state index in [1.807, 2.05) is 6.92 Å². The number of oxazole rings is 1. The van der Waals surface area contributed by atoms with Crippen molar-refractivity contribution in [1.29, 1.82) is 0 Å². The molecular weight excluding hydrogens is 316 g/mol. The summed E-state index contributed by atoms with van der Waals surface area (Å²) in [6.45, 7) is 4.98. The molecule has 7 nitrogen and oxygen atoms in total. The van der Waals surface area contributed by atoms with Crippen LogP contribution in [-0.4, -0.2) is 50.7 Å². The first-order valence-electron chi connectivity index (χ1n) is 7.95. The Bertz CT molecular complexity index is 620. The molecule has 2 aromatic rings. The van der Waals surface area contributed by atoms with Gasteiger partial charge in [0, 0.05) is 19.0 Å². The van der Waals surface area contributed by atoms with Crippen LogP contribution in [0.2, 0.25) is 5.15 Å². The van der Waals surface area contributed by atoms with Gasteiger partial charge in [-0.15, -0.1) is 10.2 Å². The van der Waals surface area contributed by atoms with Crippen molar-refractivity contribution < 1.29 is 4.42 Å². The predicted molar refractivity (Wildman–Crippen MR) is 87.5 cm³/mol. The Morgan fingerprint density at radius 2 is 2.35 bits per heavy atom. The summed E-state index contributed by atoms with van der Waals surface area (Å²) in [6.07, 6.45) is 7.52. The minimum absolute atomic E-state index is 0.341. The van der Waals surface area contributed by atoms with E-state index in [0.717, 1.165) is 51.2 Å². The summed E-state index contributed by atoms with van der Waals surface area (Å²) >= 11 is 5.86. The molecule has 1 aliphatic heterocycles. The number of aromatic nitrogens is 4. The molecule has 0 saturated carbocycles. The number of rotatable bonds is 6. The maximum atomic E-state index is 5.86. The van der Waals surface area contributed by atoms with Crippen LogP contribution in [0.1, 0.15) is 30.8 Å². The smallest absolute Gasteiger partial charge is 0.243 e. The fourth-order valence-corrected chi connectivity index (χ4v) is 2.92. The lowest BCUT2D eigenvalue weighted by atomic mass is 10.1. The summed E-state index contributed by atoms with van der Waals surface area (Å²) in [4.78, 5) is 10.9. The number of nitrogens with zero attached hydrogens (tertiary/aromatic N) is 5. The highest BCUT2D eigenvalue weighted by Crippen LogP contribution is 2.16. The van der Waals surface area contributed by atoms with E-state index in [2.05, 4.69) is 30.4 Å². The lowest BCUT2D eigenvalue weighted by molar-refractivity contribution is 0.212. The van der Waals surface area contributed by atoms with Crippen LogP contribution in [0.4, 0.5) is 5.95 Å². The molecule has 1 atom stereocenters. The Hall–Kier alpha value is -1.73. The van der Waals surface area contributed by atoms with E-state index in [0.29, 0.717) is 22.8 Å².